The standard InChI is InChI=1S/C10H15.3C2H6O.Zr/c1-10(2,3)8-9-6-4-5-7-9;3*1-2-3;/h4-7H,8H2,1-3H3;3*3H,2H2,1H3;/q-1;;;;. The molecule has 0 unspecified atom stereocenters. The van der Waals surface area contributed by atoms with E-state index in [9.17, 15) is 0 Å². The molecular formula is C16H33O3Zr-. The van der Waals surface area contributed by atoms with Gasteiger partial charge < -0.3 is 15.3 Å². The van der Waals surface area contributed by atoms with Crippen LogP contribution < -0.4 is 0 Å². The molecule has 0 radical (unpaired) electrons. The minimum absolute atomic E-state index is 0. The van der Waals surface area contributed by atoms with Gasteiger partial charge in [0.05, 0.1) is 0 Å². The third-order valence-electron chi connectivity index (χ3n) is 1.47. The van der Waals surface area contributed by atoms with Crippen molar-refractivity contribution in [3.63, 3.8) is 0 Å². The second-order valence-electron chi connectivity index (χ2n) is 4.98. The second kappa shape index (κ2) is 21.4. The van der Waals surface area contributed by atoms with Crippen LogP contribution in [0, 0.1) is 5.41 Å². The van der Waals surface area contributed by atoms with Crippen LogP contribution in [0.4, 0.5) is 0 Å². The summed E-state index contributed by atoms with van der Waals surface area (Å²) in [5.41, 5.74) is 1.88. The average Bonchev–Trinajstić information content (AvgIpc) is 2.71. The predicted octanol–water partition coefficient (Wildman–Crippen LogP) is 2.99. The van der Waals surface area contributed by atoms with Crippen LogP contribution in [-0.2, 0) is 32.6 Å². The first-order chi connectivity index (χ1) is 8.82. The summed E-state index contributed by atoms with van der Waals surface area (Å²) in [5, 5.41) is 22.7. The second-order valence-corrected chi connectivity index (χ2v) is 4.98. The molecule has 0 bridgehead atoms. The molecule has 0 aromatic heterocycles. The Morgan fingerprint density at radius 3 is 1.25 bits per heavy atom. The van der Waals surface area contributed by atoms with E-state index in [-0.39, 0.29) is 46.0 Å². The molecule has 0 fully saturated rings. The molecule has 20 heavy (non-hydrogen) atoms. The van der Waals surface area contributed by atoms with Crippen LogP contribution in [-0.4, -0.2) is 35.1 Å². The molecule has 0 aliphatic carbocycles. The fraction of sp³-hybridized carbons (Fsp3) is 0.688. The van der Waals surface area contributed by atoms with Gasteiger partial charge >= 0.3 is 0 Å². The summed E-state index contributed by atoms with van der Waals surface area (Å²) >= 11 is 0. The van der Waals surface area contributed by atoms with Crippen molar-refractivity contribution in [2.75, 3.05) is 19.8 Å². The van der Waals surface area contributed by atoms with Crippen molar-refractivity contribution in [1.29, 1.82) is 0 Å². The molecule has 4 heteroatoms. The van der Waals surface area contributed by atoms with Gasteiger partial charge in [0.15, 0.2) is 0 Å². The Morgan fingerprint density at radius 1 is 0.800 bits per heavy atom. The quantitative estimate of drug-likeness (QED) is 0.671. The Morgan fingerprint density at radius 2 is 1.05 bits per heavy atom. The van der Waals surface area contributed by atoms with Crippen LogP contribution in [0.15, 0.2) is 24.3 Å². The molecule has 0 saturated heterocycles. The van der Waals surface area contributed by atoms with Gasteiger partial charge in [-0.15, -0.1) is 0 Å². The Labute approximate surface area is 144 Å². The van der Waals surface area contributed by atoms with Crippen LogP contribution in [0.1, 0.15) is 47.1 Å². The van der Waals surface area contributed by atoms with E-state index in [4.69, 9.17) is 15.3 Å². The zero-order valence-electron chi connectivity index (χ0n) is 14.0. The number of hydrogen-bond donors (Lipinski definition) is 3. The van der Waals surface area contributed by atoms with Crippen LogP contribution in [0.2, 0.25) is 0 Å². The smallest absolute Gasteiger partial charge is 0.0402 e. The maximum absolute atomic E-state index is 7.57. The van der Waals surface area contributed by atoms with Crippen molar-refractivity contribution in [3.8, 4) is 0 Å². The number of aliphatic hydroxyl groups excluding tert-OH is 3. The van der Waals surface area contributed by atoms with Gasteiger partial charge in [0.2, 0.25) is 0 Å². The van der Waals surface area contributed by atoms with Crippen molar-refractivity contribution in [3.05, 3.63) is 29.8 Å². The van der Waals surface area contributed by atoms with Crippen LogP contribution in [0.5, 0.6) is 0 Å². The van der Waals surface area contributed by atoms with Crippen LogP contribution >= 0.6 is 0 Å². The van der Waals surface area contributed by atoms with E-state index in [1.165, 1.54) is 12.0 Å². The summed E-state index contributed by atoms with van der Waals surface area (Å²) in [4.78, 5) is 0. The summed E-state index contributed by atoms with van der Waals surface area (Å²) in [6.45, 7) is 12.6. The fourth-order valence-corrected chi connectivity index (χ4v) is 1.14. The minimum atomic E-state index is 0. The van der Waals surface area contributed by atoms with E-state index in [0.29, 0.717) is 5.41 Å². The van der Waals surface area contributed by atoms with Crippen LogP contribution in [0.3, 0.4) is 0 Å². The average molecular weight is 365 g/mol. The third kappa shape index (κ3) is 36.2. The first-order valence-corrected chi connectivity index (χ1v) is 6.85. The molecule has 0 heterocycles. The van der Waals surface area contributed by atoms with Crippen molar-refractivity contribution in [1.82, 2.24) is 0 Å². The molecule has 3 nitrogen and oxygen atoms in total. The minimum Gasteiger partial charge on any atom is -0.397 e. The topological polar surface area (TPSA) is 60.7 Å². The fourth-order valence-electron chi connectivity index (χ4n) is 1.14. The summed E-state index contributed by atoms with van der Waals surface area (Å²) in [7, 11) is 0. The third-order valence-corrected chi connectivity index (χ3v) is 1.47. The van der Waals surface area contributed by atoms with Gasteiger partial charge in [0.25, 0.3) is 0 Å². The van der Waals surface area contributed by atoms with E-state index in [2.05, 4.69) is 45.0 Å². The molecule has 0 atom stereocenters. The Hall–Kier alpha value is 0.113. The molecule has 1 aromatic rings. The summed E-state index contributed by atoms with van der Waals surface area (Å²) < 4.78 is 0. The molecule has 0 saturated carbocycles. The van der Waals surface area contributed by atoms with E-state index >= 15 is 0 Å². The van der Waals surface area contributed by atoms with Crippen molar-refractivity contribution in [2.24, 2.45) is 5.41 Å². The molecule has 0 spiro atoms. The molecule has 0 aliphatic heterocycles. The van der Waals surface area contributed by atoms with Gasteiger partial charge in [-0.2, -0.15) is 17.7 Å². The zero-order valence-corrected chi connectivity index (χ0v) is 16.4. The first-order valence-electron chi connectivity index (χ1n) is 6.85. The first kappa shape index (κ1) is 28.3. The summed E-state index contributed by atoms with van der Waals surface area (Å²) in [5.74, 6) is 0. The number of rotatable bonds is 1. The molecule has 1 rings (SSSR count). The molecule has 3 N–H and O–H groups in total. The van der Waals surface area contributed by atoms with Crippen molar-refractivity contribution in [2.45, 2.75) is 48.0 Å². The van der Waals surface area contributed by atoms with Gasteiger partial charge in [0.1, 0.15) is 0 Å². The SMILES string of the molecule is CC(C)(C)C[c-]1cccc1.CCO.CCO.CCO.[Zr]. The van der Waals surface area contributed by atoms with Crippen LogP contribution in [0.25, 0.3) is 0 Å². The van der Waals surface area contributed by atoms with E-state index in [0.717, 1.165) is 0 Å². The van der Waals surface area contributed by atoms with Crippen molar-refractivity contribution >= 4 is 0 Å². The normalized spacial score (nSPS) is 8.65. The number of aliphatic hydroxyl groups is 3. The van der Waals surface area contributed by atoms with E-state index < -0.39 is 0 Å². The Bertz CT molecular complexity index is 224. The summed E-state index contributed by atoms with van der Waals surface area (Å²) in [6, 6.07) is 8.57. The van der Waals surface area contributed by atoms with Gasteiger partial charge in [-0.3, -0.25) is 0 Å². The van der Waals surface area contributed by atoms with Gasteiger partial charge in [-0.1, -0.05) is 27.2 Å². The van der Waals surface area contributed by atoms with Gasteiger partial charge in [-0.05, 0) is 26.2 Å². The maximum atomic E-state index is 7.57. The number of hydrogen-bond acceptors (Lipinski definition) is 3. The molecule has 0 aliphatic rings. The molecular weight excluding hydrogens is 331 g/mol. The maximum Gasteiger partial charge on any atom is 0.0402 e. The van der Waals surface area contributed by atoms with Gasteiger partial charge in [-0.25, -0.2) is 12.1 Å². The molecule has 0 amide bonds. The Balaban J connectivity index is -0.000000108. The Kier molecular flexibility index (Phi) is 30.3. The monoisotopic (exact) mass is 363 g/mol. The summed E-state index contributed by atoms with van der Waals surface area (Å²) in [6.07, 6.45) is 1.18. The molecule has 120 valence electrons. The van der Waals surface area contributed by atoms with Gasteiger partial charge in [0, 0.05) is 46.0 Å². The predicted molar refractivity (Wildman–Crippen MR) is 83.5 cm³/mol. The van der Waals surface area contributed by atoms with E-state index in [1.54, 1.807) is 20.8 Å². The zero-order chi connectivity index (χ0) is 15.7. The molecule has 1 aromatic carbocycles. The largest absolute Gasteiger partial charge is 0.397 e. The van der Waals surface area contributed by atoms with E-state index in [1.807, 2.05) is 0 Å². The van der Waals surface area contributed by atoms with Crippen molar-refractivity contribution < 1.29 is 41.5 Å².